The van der Waals surface area contributed by atoms with Crippen molar-refractivity contribution in [1.29, 1.82) is 5.26 Å². The number of oxazole rings is 1. The highest BCUT2D eigenvalue weighted by molar-refractivity contribution is 6.32. The van der Waals surface area contributed by atoms with Crippen LogP contribution in [0.25, 0.3) is 11.7 Å². The molecule has 0 spiro atoms. The second kappa shape index (κ2) is 8.76. The van der Waals surface area contributed by atoms with E-state index in [4.69, 9.17) is 25.2 Å². The van der Waals surface area contributed by atoms with Gasteiger partial charge in [0.05, 0.1) is 11.1 Å². The summed E-state index contributed by atoms with van der Waals surface area (Å²) in [4.78, 5) is 4.25. The van der Waals surface area contributed by atoms with Gasteiger partial charge in [-0.3, -0.25) is 0 Å². The maximum atomic E-state index is 9.43. The molecule has 7 heteroatoms. The van der Waals surface area contributed by atoms with E-state index in [0.717, 1.165) is 5.56 Å². The highest BCUT2D eigenvalue weighted by Crippen LogP contribution is 2.30. The van der Waals surface area contributed by atoms with Gasteiger partial charge in [-0.2, -0.15) is 10.2 Å². The lowest BCUT2D eigenvalue weighted by molar-refractivity contribution is 0.271. The molecule has 150 valence electrons. The average Bonchev–Trinajstić information content (AvgIpc) is 3.40. The zero-order valence-electron chi connectivity index (χ0n) is 16.1. The molecule has 2 aromatic carbocycles. The van der Waals surface area contributed by atoms with Gasteiger partial charge < -0.3 is 18.9 Å². The van der Waals surface area contributed by atoms with Crippen molar-refractivity contribution in [3.63, 3.8) is 0 Å². The number of halogens is 1. The lowest BCUT2D eigenvalue weighted by Gasteiger charge is -2.12. The molecule has 0 radical (unpaired) electrons. The fourth-order valence-electron chi connectivity index (χ4n) is 2.90. The first-order valence-electron chi connectivity index (χ1n) is 9.33. The molecule has 4 rings (SSSR count). The zero-order chi connectivity index (χ0) is 20.9. The standard InChI is InChI=1S/C23H18ClN3O3/c1-15(16-7-3-2-4-8-16)26-22-19(13-25)27-23(30-22)21-12-11-17(29-21)14-28-20-10-6-5-9-18(20)24/h2-12,15,26H,14H2,1H3. The number of hydrogen-bond donors (Lipinski definition) is 1. The SMILES string of the molecule is CC(Nc1oc(-c2ccc(COc3ccccc3Cl)o2)nc1C#N)c1ccccc1. The largest absolute Gasteiger partial charge is 0.484 e. The Hall–Kier alpha value is -3.69. The molecule has 6 nitrogen and oxygen atoms in total. The van der Waals surface area contributed by atoms with Crippen LogP contribution in [0.3, 0.4) is 0 Å². The molecule has 1 unspecified atom stereocenters. The number of ether oxygens (including phenoxy) is 1. The lowest BCUT2D eigenvalue weighted by Crippen LogP contribution is -2.06. The number of benzene rings is 2. The molecule has 0 aliphatic carbocycles. The van der Waals surface area contributed by atoms with E-state index in [9.17, 15) is 5.26 Å². The molecule has 0 fully saturated rings. The van der Waals surface area contributed by atoms with Crippen molar-refractivity contribution in [2.75, 3.05) is 5.32 Å². The van der Waals surface area contributed by atoms with Crippen LogP contribution in [0, 0.1) is 11.3 Å². The molecule has 0 aliphatic rings. The van der Waals surface area contributed by atoms with Crippen molar-refractivity contribution in [1.82, 2.24) is 4.98 Å². The number of anilines is 1. The number of nitriles is 1. The maximum Gasteiger partial charge on any atom is 0.266 e. The van der Waals surface area contributed by atoms with E-state index in [-0.39, 0.29) is 24.2 Å². The highest BCUT2D eigenvalue weighted by atomic mass is 35.5. The van der Waals surface area contributed by atoms with Crippen LogP contribution >= 0.6 is 11.6 Å². The summed E-state index contributed by atoms with van der Waals surface area (Å²) in [6.45, 7) is 2.18. The zero-order valence-corrected chi connectivity index (χ0v) is 16.9. The monoisotopic (exact) mass is 419 g/mol. The lowest BCUT2D eigenvalue weighted by atomic mass is 10.1. The Labute approximate surface area is 178 Å². The van der Waals surface area contributed by atoms with Crippen LogP contribution in [-0.2, 0) is 6.61 Å². The number of furan rings is 1. The average molecular weight is 420 g/mol. The van der Waals surface area contributed by atoms with E-state index in [2.05, 4.69) is 16.4 Å². The summed E-state index contributed by atoms with van der Waals surface area (Å²) in [6.07, 6.45) is 0. The summed E-state index contributed by atoms with van der Waals surface area (Å²) in [5.41, 5.74) is 1.23. The molecular weight excluding hydrogens is 402 g/mol. The molecule has 4 aromatic rings. The minimum absolute atomic E-state index is 0.0599. The first-order valence-corrected chi connectivity index (χ1v) is 9.70. The molecule has 0 saturated carbocycles. The van der Waals surface area contributed by atoms with Gasteiger partial charge >= 0.3 is 0 Å². The fraction of sp³-hybridized carbons (Fsp3) is 0.130. The Morgan fingerprint density at radius 2 is 1.83 bits per heavy atom. The Morgan fingerprint density at radius 1 is 1.07 bits per heavy atom. The van der Waals surface area contributed by atoms with E-state index in [1.807, 2.05) is 49.4 Å². The van der Waals surface area contributed by atoms with Crippen molar-refractivity contribution in [2.45, 2.75) is 19.6 Å². The first-order chi connectivity index (χ1) is 14.6. The van der Waals surface area contributed by atoms with Gasteiger partial charge in [0.1, 0.15) is 24.2 Å². The Morgan fingerprint density at radius 3 is 2.60 bits per heavy atom. The van der Waals surface area contributed by atoms with Crippen molar-refractivity contribution >= 4 is 17.5 Å². The topological polar surface area (TPSA) is 84.2 Å². The summed E-state index contributed by atoms with van der Waals surface area (Å²) >= 11 is 6.10. The van der Waals surface area contributed by atoms with Gasteiger partial charge in [-0.1, -0.05) is 54.1 Å². The van der Waals surface area contributed by atoms with E-state index < -0.39 is 0 Å². The van der Waals surface area contributed by atoms with Gasteiger partial charge in [-0.05, 0) is 36.8 Å². The molecule has 1 N–H and O–H groups in total. The second-order valence-electron chi connectivity index (χ2n) is 6.57. The quantitative estimate of drug-likeness (QED) is 0.383. The molecule has 30 heavy (non-hydrogen) atoms. The number of hydrogen-bond acceptors (Lipinski definition) is 6. The van der Waals surface area contributed by atoms with E-state index >= 15 is 0 Å². The van der Waals surface area contributed by atoms with Gasteiger partial charge in [0, 0.05) is 0 Å². The summed E-state index contributed by atoms with van der Waals surface area (Å²) in [6, 6.07) is 22.6. The van der Waals surface area contributed by atoms with Crippen molar-refractivity contribution < 1.29 is 13.6 Å². The molecule has 1 atom stereocenters. The number of para-hydroxylation sites is 1. The molecule has 2 aromatic heterocycles. The Balaban J connectivity index is 1.48. The van der Waals surface area contributed by atoms with E-state index in [0.29, 0.717) is 28.2 Å². The summed E-state index contributed by atoms with van der Waals surface area (Å²) < 4.78 is 17.2. The Bertz CT molecular complexity index is 1180. The first kappa shape index (κ1) is 19.6. The van der Waals surface area contributed by atoms with Crippen molar-refractivity contribution in [3.05, 3.63) is 88.8 Å². The number of nitrogens with one attached hydrogen (secondary N) is 1. The van der Waals surface area contributed by atoms with Crippen LogP contribution in [0.15, 0.2) is 75.6 Å². The fourth-order valence-corrected chi connectivity index (χ4v) is 3.09. The van der Waals surface area contributed by atoms with E-state index in [1.54, 1.807) is 24.3 Å². The van der Waals surface area contributed by atoms with Gasteiger partial charge in [-0.25, -0.2) is 0 Å². The molecule has 2 heterocycles. The summed E-state index contributed by atoms with van der Waals surface area (Å²) in [5, 5.41) is 13.1. The molecule has 0 bridgehead atoms. The second-order valence-corrected chi connectivity index (χ2v) is 6.98. The predicted octanol–water partition coefficient (Wildman–Crippen LogP) is 6.21. The van der Waals surface area contributed by atoms with Crippen LogP contribution < -0.4 is 10.1 Å². The molecule has 0 saturated heterocycles. The van der Waals surface area contributed by atoms with Gasteiger partial charge in [0.2, 0.25) is 11.6 Å². The van der Waals surface area contributed by atoms with Crippen LogP contribution in [0.5, 0.6) is 5.75 Å². The van der Waals surface area contributed by atoms with Gasteiger partial charge in [0.15, 0.2) is 5.76 Å². The Kier molecular flexibility index (Phi) is 5.73. The minimum Gasteiger partial charge on any atom is -0.484 e. The van der Waals surface area contributed by atoms with Gasteiger partial charge in [-0.15, -0.1) is 0 Å². The predicted molar refractivity (Wildman–Crippen MR) is 113 cm³/mol. The number of nitrogens with zero attached hydrogens (tertiary/aromatic N) is 2. The molecule has 0 aliphatic heterocycles. The van der Waals surface area contributed by atoms with Crippen LogP contribution in [-0.4, -0.2) is 4.98 Å². The molecule has 0 amide bonds. The third-order valence-corrected chi connectivity index (χ3v) is 4.77. The highest BCUT2D eigenvalue weighted by Gasteiger charge is 2.19. The summed E-state index contributed by atoms with van der Waals surface area (Å²) in [7, 11) is 0. The number of rotatable bonds is 7. The van der Waals surface area contributed by atoms with Crippen LogP contribution in [0.2, 0.25) is 5.02 Å². The van der Waals surface area contributed by atoms with E-state index in [1.165, 1.54) is 0 Å². The number of aromatic nitrogens is 1. The van der Waals surface area contributed by atoms with Crippen molar-refractivity contribution in [3.8, 4) is 23.5 Å². The van der Waals surface area contributed by atoms with Crippen LogP contribution in [0.4, 0.5) is 5.88 Å². The minimum atomic E-state index is -0.0599. The maximum absolute atomic E-state index is 9.43. The van der Waals surface area contributed by atoms with Gasteiger partial charge in [0.25, 0.3) is 5.89 Å². The normalized spacial score (nSPS) is 11.6. The van der Waals surface area contributed by atoms with Crippen LogP contribution in [0.1, 0.15) is 30.0 Å². The molecular formula is C23H18ClN3O3. The van der Waals surface area contributed by atoms with Crippen molar-refractivity contribution in [2.24, 2.45) is 0 Å². The summed E-state index contributed by atoms with van der Waals surface area (Å²) in [5.74, 6) is 2.08. The third kappa shape index (κ3) is 4.32. The smallest absolute Gasteiger partial charge is 0.266 e. The third-order valence-electron chi connectivity index (χ3n) is 4.46.